The molecule has 0 amide bonds. The fourth-order valence-corrected chi connectivity index (χ4v) is 3.93. The molecule has 4 rings (SSSR count). The minimum absolute atomic E-state index is 0.196. The van der Waals surface area contributed by atoms with E-state index in [9.17, 15) is 4.39 Å². The van der Waals surface area contributed by atoms with Gasteiger partial charge in [-0.15, -0.1) is 0 Å². The Morgan fingerprint density at radius 1 is 1.13 bits per heavy atom. The predicted molar refractivity (Wildman–Crippen MR) is 119 cm³/mol. The van der Waals surface area contributed by atoms with Crippen LogP contribution >= 0.6 is 12.2 Å². The molecule has 5 nitrogen and oxygen atoms in total. The number of hydrogen-bond donors (Lipinski definition) is 1. The van der Waals surface area contributed by atoms with Crippen LogP contribution < -0.4 is 5.32 Å². The molecule has 30 heavy (non-hydrogen) atoms. The third-order valence-electron chi connectivity index (χ3n) is 5.22. The lowest BCUT2D eigenvalue weighted by molar-refractivity contribution is 0.395. The number of halogens is 1. The maximum atomic E-state index is 13.3. The molecular formula is C23H23FN4OS. The summed E-state index contributed by atoms with van der Waals surface area (Å²) in [5, 5.41) is 8.28. The van der Waals surface area contributed by atoms with Crippen LogP contribution in [0.5, 0.6) is 0 Å². The largest absolute Gasteiger partial charge is 0.351 e. The lowest BCUT2D eigenvalue weighted by Crippen LogP contribution is -2.46. The SMILES string of the molecule is CCCCN1C(=S)NC(c2ccccc2)C(c2nc(-c3ccc(F)cc3)no2)=C1C. The van der Waals surface area contributed by atoms with Gasteiger partial charge in [0.15, 0.2) is 5.11 Å². The quantitative estimate of drug-likeness (QED) is 0.541. The average Bonchev–Trinajstić information content (AvgIpc) is 3.24. The van der Waals surface area contributed by atoms with Crippen molar-refractivity contribution >= 4 is 22.9 Å². The molecule has 1 N–H and O–H groups in total. The topological polar surface area (TPSA) is 54.2 Å². The van der Waals surface area contributed by atoms with Gasteiger partial charge in [0.1, 0.15) is 5.82 Å². The highest BCUT2D eigenvalue weighted by atomic mass is 32.1. The Morgan fingerprint density at radius 3 is 2.57 bits per heavy atom. The van der Waals surface area contributed by atoms with E-state index < -0.39 is 0 Å². The number of aromatic nitrogens is 2. The highest BCUT2D eigenvalue weighted by Crippen LogP contribution is 2.37. The van der Waals surface area contributed by atoms with Gasteiger partial charge in [0.05, 0.1) is 11.6 Å². The number of hydrogen-bond acceptors (Lipinski definition) is 4. The zero-order valence-corrected chi connectivity index (χ0v) is 17.7. The third kappa shape index (κ3) is 3.98. The number of allylic oxidation sites excluding steroid dienone is 1. The fraction of sp³-hybridized carbons (Fsp3) is 0.261. The first-order valence-corrected chi connectivity index (χ1v) is 10.4. The molecule has 1 aliphatic rings. The van der Waals surface area contributed by atoms with Crippen molar-refractivity contribution in [3.63, 3.8) is 0 Å². The van der Waals surface area contributed by atoms with Gasteiger partial charge in [-0.05, 0) is 55.4 Å². The summed E-state index contributed by atoms with van der Waals surface area (Å²) < 4.78 is 18.9. The van der Waals surface area contributed by atoms with Crippen molar-refractivity contribution in [3.8, 4) is 11.4 Å². The average molecular weight is 423 g/mol. The molecule has 0 saturated heterocycles. The molecule has 0 bridgehead atoms. The second kappa shape index (κ2) is 8.75. The smallest absolute Gasteiger partial charge is 0.258 e. The number of thiocarbonyl (C=S) groups is 1. The second-order valence-electron chi connectivity index (χ2n) is 7.23. The molecule has 0 fully saturated rings. The van der Waals surface area contributed by atoms with Crippen LogP contribution in [0.1, 0.15) is 44.2 Å². The van der Waals surface area contributed by atoms with Gasteiger partial charge < -0.3 is 14.7 Å². The van der Waals surface area contributed by atoms with E-state index in [1.807, 2.05) is 37.3 Å². The van der Waals surface area contributed by atoms with Gasteiger partial charge in [0.25, 0.3) is 5.89 Å². The summed E-state index contributed by atoms with van der Waals surface area (Å²) >= 11 is 5.67. The van der Waals surface area contributed by atoms with E-state index in [0.29, 0.717) is 22.4 Å². The van der Waals surface area contributed by atoms with E-state index in [1.165, 1.54) is 12.1 Å². The molecule has 7 heteroatoms. The van der Waals surface area contributed by atoms with Crippen molar-refractivity contribution in [2.45, 2.75) is 32.7 Å². The monoisotopic (exact) mass is 422 g/mol. The van der Waals surface area contributed by atoms with E-state index in [2.05, 4.69) is 27.3 Å². The normalized spacial score (nSPS) is 16.7. The zero-order valence-electron chi connectivity index (χ0n) is 16.9. The Bertz CT molecular complexity index is 1060. The molecule has 1 atom stereocenters. The maximum absolute atomic E-state index is 13.3. The van der Waals surface area contributed by atoms with Crippen molar-refractivity contribution in [1.29, 1.82) is 0 Å². The Kier molecular flexibility index (Phi) is 5.90. The maximum Gasteiger partial charge on any atom is 0.258 e. The number of unbranched alkanes of at least 4 members (excludes halogenated alkanes) is 1. The zero-order chi connectivity index (χ0) is 21.1. The Balaban J connectivity index is 1.78. The van der Waals surface area contributed by atoms with Gasteiger partial charge in [0, 0.05) is 17.8 Å². The van der Waals surface area contributed by atoms with Gasteiger partial charge >= 0.3 is 0 Å². The van der Waals surface area contributed by atoms with E-state index in [0.717, 1.165) is 36.2 Å². The molecule has 0 radical (unpaired) electrons. The molecule has 0 aliphatic carbocycles. The summed E-state index contributed by atoms with van der Waals surface area (Å²) in [6.45, 7) is 5.01. The standard InChI is InChI=1S/C23H23FN4OS/c1-3-4-14-28-15(2)19(20(25-23(28)30)16-8-6-5-7-9-16)22-26-21(27-29-22)17-10-12-18(24)13-11-17/h5-13,20H,3-4,14H2,1-2H3,(H,25,30). The summed E-state index contributed by atoms with van der Waals surface area (Å²) in [6, 6.07) is 15.9. The first-order chi connectivity index (χ1) is 14.6. The summed E-state index contributed by atoms with van der Waals surface area (Å²) in [7, 11) is 0. The molecule has 1 aliphatic heterocycles. The van der Waals surface area contributed by atoms with Crippen LogP contribution in [-0.2, 0) is 0 Å². The Labute approximate surface area is 180 Å². The molecule has 0 spiro atoms. The van der Waals surface area contributed by atoms with Crippen molar-refractivity contribution in [2.24, 2.45) is 0 Å². The molecule has 2 heterocycles. The van der Waals surface area contributed by atoms with E-state index in [4.69, 9.17) is 16.7 Å². The van der Waals surface area contributed by atoms with E-state index in [-0.39, 0.29) is 11.9 Å². The highest BCUT2D eigenvalue weighted by molar-refractivity contribution is 7.80. The second-order valence-corrected chi connectivity index (χ2v) is 7.61. The lowest BCUT2D eigenvalue weighted by atomic mass is 9.95. The minimum atomic E-state index is -0.304. The first-order valence-electron chi connectivity index (χ1n) is 10.0. The van der Waals surface area contributed by atoms with Crippen LogP contribution in [0.25, 0.3) is 17.0 Å². The number of nitrogens with one attached hydrogen (secondary N) is 1. The molecule has 154 valence electrons. The van der Waals surface area contributed by atoms with Crippen molar-refractivity contribution in [2.75, 3.05) is 6.54 Å². The van der Waals surface area contributed by atoms with Gasteiger partial charge in [-0.1, -0.05) is 48.8 Å². The van der Waals surface area contributed by atoms with E-state index in [1.54, 1.807) is 12.1 Å². The fourth-order valence-electron chi connectivity index (χ4n) is 3.59. The van der Waals surface area contributed by atoms with Crippen molar-refractivity contribution < 1.29 is 8.91 Å². The number of nitrogens with zero attached hydrogens (tertiary/aromatic N) is 3. The first kappa shape index (κ1) is 20.2. The predicted octanol–water partition coefficient (Wildman–Crippen LogP) is 5.34. The molecule has 1 unspecified atom stereocenters. The number of benzene rings is 2. The lowest BCUT2D eigenvalue weighted by Gasteiger charge is -2.37. The molecular weight excluding hydrogens is 399 g/mol. The van der Waals surface area contributed by atoms with Crippen LogP contribution in [0.15, 0.2) is 64.8 Å². The van der Waals surface area contributed by atoms with Gasteiger partial charge in [-0.25, -0.2) is 4.39 Å². The molecule has 1 aromatic heterocycles. The van der Waals surface area contributed by atoms with Crippen LogP contribution in [0, 0.1) is 5.82 Å². The van der Waals surface area contributed by atoms with E-state index >= 15 is 0 Å². The third-order valence-corrected chi connectivity index (χ3v) is 5.56. The van der Waals surface area contributed by atoms with Gasteiger partial charge in [0.2, 0.25) is 5.82 Å². The van der Waals surface area contributed by atoms with Gasteiger partial charge in [-0.3, -0.25) is 0 Å². The Hall–Kier alpha value is -3.06. The van der Waals surface area contributed by atoms with Crippen LogP contribution in [0.2, 0.25) is 0 Å². The summed E-state index contributed by atoms with van der Waals surface area (Å²) in [6.07, 6.45) is 2.09. The van der Waals surface area contributed by atoms with Crippen LogP contribution in [-0.4, -0.2) is 26.7 Å². The minimum Gasteiger partial charge on any atom is -0.351 e. The Morgan fingerprint density at radius 2 is 1.87 bits per heavy atom. The van der Waals surface area contributed by atoms with Crippen LogP contribution in [0.4, 0.5) is 4.39 Å². The van der Waals surface area contributed by atoms with Gasteiger partial charge in [-0.2, -0.15) is 4.98 Å². The van der Waals surface area contributed by atoms with Crippen molar-refractivity contribution in [1.82, 2.24) is 20.4 Å². The summed E-state index contributed by atoms with van der Waals surface area (Å²) in [5.41, 5.74) is 3.65. The van der Waals surface area contributed by atoms with Crippen LogP contribution in [0.3, 0.4) is 0 Å². The number of rotatable bonds is 6. The molecule has 2 aromatic carbocycles. The van der Waals surface area contributed by atoms with Crippen molar-refractivity contribution in [3.05, 3.63) is 77.6 Å². The summed E-state index contributed by atoms with van der Waals surface area (Å²) in [4.78, 5) is 6.72. The summed E-state index contributed by atoms with van der Waals surface area (Å²) in [5.74, 6) is 0.546. The molecule has 3 aromatic rings. The highest BCUT2D eigenvalue weighted by Gasteiger charge is 2.33. The molecule has 0 saturated carbocycles.